The van der Waals surface area contributed by atoms with E-state index in [9.17, 15) is 14.7 Å². The number of ether oxygens (including phenoxy) is 1. The maximum atomic E-state index is 11.4. The molecule has 0 heterocycles. The predicted molar refractivity (Wildman–Crippen MR) is 65.8 cm³/mol. The molecule has 0 aliphatic heterocycles. The van der Waals surface area contributed by atoms with Crippen LogP contribution in [-0.4, -0.2) is 23.6 Å². The van der Waals surface area contributed by atoms with Crippen molar-refractivity contribution < 1.29 is 19.4 Å². The number of phenols is 1. The van der Waals surface area contributed by atoms with E-state index >= 15 is 0 Å². The average molecular weight is 313 g/mol. The molecule has 0 radical (unpaired) electrons. The lowest BCUT2D eigenvalue weighted by molar-refractivity contribution is -0.152. The molecule has 18 heavy (non-hydrogen) atoms. The monoisotopic (exact) mass is 312 g/mol. The average Bonchev–Trinajstić information content (AvgIpc) is 2.34. The van der Waals surface area contributed by atoms with E-state index in [1.807, 2.05) is 6.07 Å². The zero-order chi connectivity index (χ0) is 13.7. The second-order valence-corrected chi connectivity index (χ2v) is 3.99. The summed E-state index contributed by atoms with van der Waals surface area (Å²) >= 11 is 3.03. The van der Waals surface area contributed by atoms with Crippen LogP contribution in [0.3, 0.4) is 0 Å². The first-order valence-electron chi connectivity index (χ1n) is 4.90. The van der Waals surface area contributed by atoms with Crippen molar-refractivity contribution in [1.82, 2.24) is 0 Å². The van der Waals surface area contributed by atoms with Crippen LogP contribution in [0.2, 0.25) is 0 Å². The van der Waals surface area contributed by atoms with Gasteiger partial charge < -0.3 is 15.2 Å². The first-order valence-corrected chi connectivity index (χ1v) is 5.69. The van der Waals surface area contributed by atoms with Gasteiger partial charge in [0.2, 0.25) is 0 Å². The number of hydrogen-bond donors (Lipinski definition) is 2. The Bertz CT molecular complexity index is 537. The number of nitrogens with one attached hydrogen (secondary N) is 1. The third-order valence-corrected chi connectivity index (χ3v) is 2.51. The van der Waals surface area contributed by atoms with E-state index in [-0.39, 0.29) is 28.1 Å². The Labute approximate surface area is 111 Å². The minimum absolute atomic E-state index is 0.0426. The van der Waals surface area contributed by atoms with E-state index in [1.165, 1.54) is 12.1 Å². The summed E-state index contributed by atoms with van der Waals surface area (Å²) in [4.78, 5) is 22.5. The zero-order valence-electron chi connectivity index (χ0n) is 9.36. The molecular weight excluding hydrogens is 304 g/mol. The van der Waals surface area contributed by atoms with Crippen LogP contribution in [0.25, 0.3) is 0 Å². The molecule has 0 bridgehead atoms. The third-order valence-electron chi connectivity index (χ3n) is 1.90. The number of rotatable bonds is 2. The molecule has 0 aliphatic carbocycles. The standard InChI is InChI=1S/C11H9BrN2O4/c1-2-18-11(17)10(16)14-8-4-6(5-13)3-7(12)9(8)15/h3-4,15H,2H2,1H3,(H,14,16). The molecule has 0 atom stereocenters. The van der Waals surface area contributed by atoms with Crippen molar-refractivity contribution in [1.29, 1.82) is 5.26 Å². The number of esters is 1. The second-order valence-electron chi connectivity index (χ2n) is 3.14. The third kappa shape index (κ3) is 3.21. The Morgan fingerprint density at radius 3 is 2.78 bits per heavy atom. The van der Waals surface area contributed by atoms with Gasteiger partial charge in [0.05, 0.1) is 28.4 Å². The van der Waals surface area contributed by atoms with E-state index in [2.05, 4.69) is 26.0 Å². The van der Waals surface area contributed by atoms with Gasteiger partial charge >= 0.3 is 11.9 Å². The SMILES string of the molecule is CCOC(=O)C(=O)Nc1cc(C#N)cc(Br)c1O. The van der Waals surface area contributed by atoms with Gasteiger partial charge in [-0.1, -0.05) is 0 Å². The molecule has 0 saturated carbocycles. The summed E-state index contributed by atoms with van der Waals surface area (Å²) in [5, 5.41) is 20.6. The summed E-state index contributed by atoms with van der Waals surface area (Å²) in [5.74, 6) is -2.35. The van der Waals surface area contributed by atoms with Gasteiger partial charge in [0.15, 0.2) is 5.75 Å². The smallest absolute Gasteiger partial charge is 0.397 e. The molecule has 0 aromatic heterocycles. The summed E-state index contributed by atoms with van der Waals surface area (Å²) in [6.45, 7) is 1.63. The normalized spacial score (nSPS) is 9.39. The van der Waals surface area contributed by atoms with Crippen molar-refractivity contribution >= 4 is 33.5 Å². The number of hydrogen-bond acceptors (Lipinski definition) is 5. The van der Waals surface area contributed by atoms with E-state index in [0.29, 0.717) is 0 Å². The lowest BCUT2D eigenvalue weighted by Crippen LogP contribution is -2.25. The number of nitriles is 1. The van der Waals surface area contributed by atoms with Crippen molar-refractivity contribution in [2.75, 3.05) is 11.9 Å². The van der Waals surface area contributed by atoms with Crippen molar-refractivity contribution in [2.45, 2.75) is 6.92 Å². The predicted octanol–water partition coefficient (Wildman–Crippen LogP) is 1.53. The minimum Gasteiger partial charge on any atom is -0.505 e. The molecule has 0 aliphatic rings. The quantitative estimate of drug-likeness (QED) is 0.490. The van der Waals surface area contributed by atoms with Crippen molar-refractivity contribution in [3.63, 3.8) is 0 Å². The Morgan fingerprint density at radius 2 is 2.22 bits per heavy atom. The number of benzene rings is 1. The fraction of sp³-hybridized carbons (Fsp3) is 0.182. The number of phenolic OH excluding ortho intramolecular Hbond substituents is 1. The molecule has 1 aromatic rings. The lowest BCUT2D eigenvalue weighted by Gasteiger charge is -2.08. The molecule has 0 unspecified atom stereocenters. The summed E-state index contributed by atoms with van der Waals surface area (Å²) in [5.41, 5.74) is 0.179. The van der Waals surface area contributed by atoms with E-state index in [4.69, 9.17) is 5.26 Å². The van der Waals surface area contributed by atoms with Crippen LogP contribution in [0.1, 0.15) is 12.5 Å². The highest BCUT2D eigenvalue weighted by molar-refractivity contribution is 9.10. The van der Waals surface area contributed by atoms with Crippen LogP contribution < -0.4 is 5.32 Å². The van der Waals surface area contributed by atoms with E-state index in [1.54, 1.807) is 6.92 Å². The second kappa shape index (κ2) is 6.02. The Kier molecular flexibility index (Phi) is 4.68. The van der Waals surface area contributed by atoms with E-state index in [0.717, 1.165) is 0 Å². The lowest BCUT2D eigenvalue weighted by atomic mass is 10.2. The Balaban J connectivity index is 2.98. The summed E-state index contributed by atoms with van der Waals surface area (Å²) < 4.78 is 4.73. The number of nitrogens with zero attached hydrogens (tertiary/aromatic N) is 1. The number of carbonyl (C=O) groups excluding carboxylic acids is 2. The fourth-order valence-electron chi connectivity index (χ4n) is 1.13. The van der Waals surface area contributed by atoms with Gasteiger partial charge in [-0.3, -0.25) is 4.79 Å². The minimum atomic E-state index is -1.06. The molecule has 0 fully saturated rings. The number of amides is 1. The van der Waals surface area contributed by atoms with Gasteiger partial charge in [0.25, 0.3) is 0 Å². The molecule has 1 aromatic carbocycles. The van der Waals surface area contributed by atoms with Crippen molar-refractivity contribution in [2.24, 2.45) is 0 Å². The van der Waals surface area contributed by atoms with Gasteiger partial charge in [0, 0.05) is 0 Å². The Hall–Kier alpha value is -2.07. The Morgan fingerprint density at radius 1 is 1.56 bits per heavy atom. The molecule has 6 nitrogen and oxygen atoms in total. The maximum absolute atomic E-state index is 11.4. The molecule has 94 valence electrons. The van der Waals surface area contributed by atoms with Gasteiger partial charge in [0.1, 0.15) is 0 Å². The van der Waals surface area contributed by atoms with Crippen LogP contribution >= 0.6 is 15.9 Å². The number of aromatic hydroxyl groups is 1. The molecule has 0 spiro atoms. The molecular formula is C11H9BrN2O4. The first-order chi connectivity index (χ1) is 8.49. The van der Waals surface area contributed by atoms with Gasteiger partial charge in [-0.15, -0.1) is 0 Å². The highest BCUT2D eigenvalue weighted by atomic mass is 79.9. The van der Waals surface area contributed by atoms with Gasteiger partial charge in [-0.2, -0.15) is 5.26 Å². The topological polar surface area (TPSA) is 99.4 Å². The number of anilines is 1. The van der Waals surface area contributed by atoms with Crippen LogP contribution in [0, 0.1) is 11.3 Å². The maximum Gasteiger partial charge on any atom is 0.397 e. The van der Waals surface area contributed by atoms with Crippen LogP contribution in [0.15, 0.2) is 16.6 Å². The number of halogens is 1. The molecule has 2 N–H and O–H groups in total. The zero-order valence-corrected chi connectivity index (χ0v) is 10.9. The summed E-state index contributed by atoms with van der Waals surface area (Å²) in [7, 11) is 0. The van der Waals surface area contributed by atoms with E-state index < -0.39 is 11.9 Å². The first kappa shape index (κ1) is 14.0. The molecule has 0 saturated heterocycles. The van der Waals surface area contributed by atoms with Crippen LogP contribution in [-0.2, 0) is 14.3 Å². The highest BCUT2D eigenvalue weighted by Crippen LogP contribution is 2.33. The molecule has 1 rings (SSSR count). The molecule has 1 amide bonds. The highest BCUT2D eigenvalue weighted by Gasteiger charge is 2.18. The summed E-state index contributed by atoms with van der Waals surface area (Å²) in [6, 6.07) is 4.49. The fourth-order valence-corrected chi connectivity index (χ4v) is 1.59. The van der Waals surface area contributed by atoms with Crippen LogP contribution in [0.4, 0.5) is 5.69 Å². The summed E-state index contributed by atoms with van der Waals surface area (Å²) in [6.07, 6.45) is 0. The van der Waals surface area contributed by atoms with Crippen LogP contribution in [0.5, 0.6) is 5.75 Å². The van der Waals surface area contributed by atoms with Gasteiger partial charge in [-0.05, 0) is 35.0 Å². The number of carbonyl (C=O) groups is 2. The largest absolute Gasteiger partial charge is 0.505 e. The molecule has 7 heteroatoms. The van der Waals surface area contributed by atoms with Gasteiger partial charge in [-0.25, -0.2) is 4.79 Å². The van der Waals surface area contributed by atoms with Crippen molar-refractivity contribution in [3.8, 4) is 11.8 Å². The van der Waals surface area contributed by atoms with Crippen molar-refractivity contribution in [3.05, 3.63) is 22.2 Å².